The third-order valence-electron chi connectivity index (χ3n) is 4.94. The second-order valence-electron chi connectivity index (χ2n) is 7.63. The summed E-state index contributed by atoms with van der Waals surface area (Å²) in [5.41, 5.74) is 0. The Hall–Kier alpha value is -0.0800. The van der Waals surface area contributed by atoms with Crippen molar-refractivity contribution in [2.24, 2.45) is 5.92 Å². The number of hydrogen-bond acceptors (Lipinski definition) is 2. The summed E-state index contributed by atoms with van der Waals surface area (Å²) < 4.78 is 5.31. The van der Waals surface area contributed by atoms with E-state index >= 15 is 0 Å². The van der Waals surface area contributed by atoms with Gasteiger partial charge in [-0.25, -0.2) is 0 Å². The van der Waals surface area contributed by atoms with Gasteiger partial charge < -0.3 is 9.84 Å². The van der Waals surface area contributed by atoms with Gasteiger partial charge in [-0.1, -0.05) is 90.9 Å². The molecule has 1 aliphatic rings. The Bertz CT molecular complexity index is 236. The van der Waals surface area contributed by atoms with Crippen LogP contribution in [0.3, 0.4) is 0 Å². The van der Waals surface area contributed by atoms with E-state index in [1.807, 2.05) is 0 Å². The van der Waals surface area contributed by atoms with Gasteiger partial charge in [-0.2, -0.15) is 0 Å². The smallest absolute Gasteiger partial charge is 0.0855 e. The van der Waals surface area contributed by atoms with E-state index < -0.39 is 0 Å². The van der Waals surface area contributed by atoms with Crippen molar-refractivity contribution in [1.29, 1.82) is 0 Å². The number of unbranched alkanes of at least 4 members (excludes halogenated alkanes) is 10. The van der Waals surface area contributed by atoms with Crippen molar-refractivity contribution in [1.82, 2.24) is 0 Å². The lowest BCUT2D eigenvalue weighted by atomic mass is 9.99. The van der Waals surface area contributed by atoms with Gasteiger partial charge in [0.2, 0.25) is 0 Å². The highest BCUT2D eigenvalue weighted by atomic mass is 16.5. The molecule has 0 bridgehead atoms. The molecule has 1 fully saturated rings. The molecule has 1 heterocycles. The Labute approximate surface area is 139 Å². The van der Waals surface area contributed by atoms with Crippen LogP contribution in [0, 0.1) is 5.92 Å². The van der Waals surface area contributed by atoms with E-state index in [4.69, 9.17) is 4.74 Å². The molecule has 0 aromatic rings. The molecule has 1 rings (SSSR count). The summed E-state index contributed by atoms with van der Waals surface area (Å²) in [7, 11) is 0. The van der Waals surface area contributed by atoms with Gasteiger partial charge in [0, 0.05) is 6.61 Å². The van der Waals surface area contributed by atoms with Crippen molar-refractivity contribution < 1.29 is 9.84 Å². The van der Waals surface area contributed by atoms with Crippen molar-refractivity contribution in [3.05, 3.63) is 0 Å². The minimum Gasteiger partial charge on any atom is -0.390 e. The van der Waals surface area contributed by atoms with Crippen LogP contribution in [-0.2, 0) is 4.74 Å². The Morgan fingerprint density at radius 2 is 1.18 bits per heavy atom. The summed E-state index contributed by atoms with van der Waals surface area (Å²) in [6.45, 7) is 5.49. The van der Waals surface area contributed by atoms with E-state index in [0.717, 1.165) is 31.8 Å². The second kappa shape index (κ2) is 13.4. The lowest BCUT2D eigenvalue weighted by Gasteiger charge is -2.30. The minimum atomic E-state index is -0.204. The molecule has 1 N–H and O–H groups in total. The lowest BCUT2D eigenvalue weighted by Crippen LogP contribution is -2.38. The first kappa shape index (κ1) is 20.0. The van der Waals surface area contributed by atoms with Crippen LogP contribution < -0.4 is 0 Å². The molecule has 132 valence electrons. The standard InChI is InChI=1S/C20H40O2/c1-18(2)14-12-10-8-6-4-3-5-7-9-11-13-15-19(21)20-16-17-22-20/h18-21H,3-17H2,1-2H3. The van der Waals surface area contributed by atoms with E-state index in [9.17, 15) is 5.11 Å². The number of rotatable bonds is 15. The minimum absolute atomic E-state index is 0.153. The average molecular weight is 313 g/mol. The zero-order valence-corrected chi connectivity index (χ0v) is 15.2. The van der Waals surface area contributed by atoms with Gasteiger partial charge in [0.15, 0.2) is 0 Å². The maximum atomic E-state index is 9.84. The molecule has 0 saturated carbocycles. The largest absolute Gasteiger partial charge is 0.390 e. The molecule has 1 saturated heterocycles. The molecule has 0 aliphatic carbocycles. The Kier molecular flexibility index (Phi) is 12.1. The number of ether oxygens (including phenoxy) is 1. The van der Waals surface area contributed by atoms with Crippen molar-refractivity contribution in [2.75, 3.05) is 6.61 Å². The molecule has 2 nitrogen and oxygen atoms in total. The van der Waals surface area contributed by atoms with E-state index in [2.05, 4.69) is 13.8 Å². The highest BCUT2D eigenvalue weighted by Gasteiger charge is 2.25. The highest BCUT2D eigenvalue weighted by Crippen LogP contribution is 2.20. The van der Waals surface area contributed by atoms with Crippen LogP contribution in [0.2, 0.25) is 0 Å². The van der Waals surface area contributed by atoms with Crippen LogP contribution in [0.1, 0.15) is 104 Å². The van der Waals surface area contributed by atoms with E-state index in [1.165, 1.54) is 70.6 Å². The molecule has 1 aliphatic heterocycles. The van der Waals surface area contributed by atoms with Crippen LogP contribution in [0.25, 0.3) is 0 Å². The fourth-order valence-electron chi connectivity index (χ4n) is 3.24. The predicted molar refractivity (Wildman–Crippen MR) is 95.2 cm³/mol. The third kappa shape index (κ3) is 10.6. The van der Waals surface area contributed by atoms with Gasteiger partial charge in [0.05, 0.1) is 12.2 Å². The molecular weight excluding hydrogens is 272 g/mol. The maximum absolute atomic E-state index is 9.84. The number of hydrogen-bond donors (Lipinski definition) is 1. The van der Waals surface area contributed by atoms with Crippen LogP contribution in [0.4, 0.5) is 0 Å². The molecule has 0 aromatic heterocycles. The fraction of sp³-hybridized carbons (Fsp3) is 1.00. The van der Waals surface area contributed by atoms with Gasteiger partial charge in [0.1, 0.15) is 0 Å². The van der Waals surface area contributed by atoms with Gasteiger partial charge in [-0.15, -0.1) is 0 Å². The summed E-state index contributed by atoms with van der Waals surface area (Å²) in [5, 5.41) is 9.84. The Balaban J connectivity index is 1.69. The van der Waals surface area contributed by atoms with Crippen molar-refractivity contribution >= 4 is 0 Å². The van der Waals surface area contributed by atoms with Crippen LogP contribution in [0.15, 0.2) is 0 Å². The highest BCUT2D eigenvalue weighted by molar-refractivity contribution is 4.75. The first-order valence-electron chi connectivity index (χ1n) is 10.00. The summed E-state index contributed by atoms with van der Waals surface area (Å²) in [6, 6.07) is 0. The third-order valence-corrected chi connectivity index (χ3v) is 4.94. The molecule has 0 aromatic carbocycles. The van der Waals surface area contributed by atoms with E-state index in [-0.39, 0.29) is 12.2 Å². The molecule has 0 spiro atoms. The SMILES string of the molecule is CC(C)CCCCCCCCCCCCCC(O)C1CCO1. The van der Waals surface area contributed by atoms with E-state index in [1.54, 1.807) is 0 Å². The Morgan fingerprint density at radius 3 is 1.55 bits per heavy atom. The van der Waals surface area contributed by atoms with Gasteiger partial charge >= 0.3 is 0 Å². The number of aliphatic hydroxyl groups is 1. The average Bonchev–Trinajstić information content (AvgIpc) is 2.41. The summed E-state index contributed by atoms with van der Waals surface area (Å²) >= 11 is 0. The van der Waals surface area contributed by atoms with Crippen LogP contribution in [-0.4, -0.2) is 23.9 Å². The predicted octanol–water partition coefficient (Wildman–Crippen LogP) is 5.86. The van der Waals surface area contributed by atoms with E-state index in [0.29, 0.717) is 0 Å². The van der Waals surface area contributed by atoms with Crippen molar-refractivity contribution in [3.63, 3.8) is 0 Å². The molecule has 0 radical (unpaired) electrons. The molecule has 22 heavy (non-hydrogen) atoms. The topological polar surface area (TPSA) is 29.5 Å². The fourth-order valence-corrected chi connectivity index (χ4v) is 3.24. The zero-order chi connectivity index (χ0) is 16.0. The lowest BCUT2D eigenvalue weighted by molar-refractivity contribution is -0.118. The van der Waals surface area contributed by atoms with Gasteiger partial charge in [0.25, 0.3) is 0 Å². The normalized spacial score (nSPS) is 19.4. The molecule has 2 heteroatoms. The monoisotopic (exact) mass is 312 g/mol. The summed E-state index contributed by atoms with van der Waals surface area (Å²) in [5.74, 6) is 0.877. The van der Waals surface area contributed by atoms with Crippen LogP contribution in [0.5, 0.6) is 0 Å². The van der Waals surface area contributed by atoms with Crippen molar-refractivity contribution in [3.8, 4) is 0 Å². The van der Waals surface area contributed by atoms with Gasteiger partial charge in [-0.3, -0.25) is 0 Å². The summed E-state index contributed by atoms with van der Waals surface area (Å²) in [6.07, 6.45) is 18.5. The molecular formula is C20H40O2. The second-order valence-corrected chi connectivity index (χ2v) is 7.63. The molecule has 2 atom stereocenters. The maximum Gasteiger partial charge on any atom is 0.0855 e. The first-order valence-corrected chi connectivity index (χ1v) is 10.00. The zero-order valence-electron chi connectivity index (χ0n) is 15.2. The van der Waals surface area contributed by atoms with Gasteiger partial charge in [-0.05, 0) is 18.8 Å². The first-order chi connectivity index (χ1) is 10.7. The van der Waals surface area contributed by atoms with Crippen LogP contribution >= 0.6 is 0 Å². The quantitative estimate of drug-likeness (QED) is 0.384. The summed E-state index contributed by atoms with van der Waals surface area (Å²) in [4.78, 5) is 0. The molecule has 2 unspecified atom stereocenters. The Morgan fingerprint density at radius 1 is 0.773 bits per heavy atom. The number of aliphatic hydroxyl groups excluding tert-OH is 1. The molecule has 0 amide bonds. The van der Waals surface area contributed by atoms with Crippen molar-refractivity contribution in [2.45, 2.75) is 116 Å².